The summed E-state index contributed by atoms with van der Waals surface area (Å²) in [5.41, 5.74) is 0.999. The Balaban J connectivity index is 1.96. The summed E-state index contributed by atoms with van der Waals surface area (Å²) in [5.74, 6) is 0. The van der Waals surface area contributed by atoms with Gasteiger partial charge in [-0.1, -0.05) is 0 Å². The van der Waals surface area contributed by atoms with E-state index >= 15 is 0 Å². The smallest absolute Gasteiger partial charge is 0.317 e. The van der Waals surface area contributed by atoms with Gasteiger partial charge < -0.3 is 10.2 Å². The zero-order valence-corrected chi connectivity index (χ0v) is 14.6. The summed E-state index contributed by atoms with van der Waals surface area (Å²) < 4.78 is 24.7. The van der Waals surface area contributed by atoms with Crippen LogP contribution in [0.15, 0.2) is 24.5 Å². The first-order valence-electron chi connectivity index (χ1n) is 7.67. The molecule has 1 saturated heterocycles. The van der Waals surface area contributed by atoms with Gasteiger partial charge in [0.25, 0.3) is 0 Å². The number of aromatic nitrogens is 1. The third-order valence-electron chi connectivity index (χ3n) is 4.27. The van der Waals surface area contributed by atoms with E-state index < -0.39 is 10.0 Å². The van der Waals surface area contributed by atoms with E-state index in [0.29, 0.717) is 13.1 Å². The summed E-state index contributed by atoms with van der Waals surface area (Å²) in [7, 11) is -1.48. The Morgan fingerprint density at radius 3 is 2.70 bits per heavy atom. The molecule has 8 heteroatoms. The van der Waals surface area contributed by atoms with E-state index in [2.05, 4.69) is 10.3 Å². The first-order valence-corrected chi connectivity index (χ1v) is 9.52. The number of urea groups is 1. The maximum absolute atomic E-state index is 12.4. The largest absolute Gasteiger partial charge is 0.334 e. The highest BCUT2D eigenvalue weighted by Gasteiger charge is 2.28. The van der Waals surface area contributed by atoms with Crippen LogP contribution < -0.4 is 5.32 Å². The predicted molar refractivity (Wildman–Crippen MR) is 88.4 cm³/mol. The van der Waals surface area contributed by atoms with Crippen molar-refractivity contribution in [2.24, 2.45) is 0 Å². The van der Waals surface area contributed by atoms with Crippen molar-refractivity contribution < 1.29 is 13.2 Å². The van der Waals surface area contributed by atoms with Crippen molar-refractivity contribution in [3.63, 3.8) is 0 Å². The molecule has 2 unspecified atom stereocenters. The summed E-state index contributed by atoms with van der Waals surface area (Å²) >= 11 is 0. The van der Waals surface area contributed by atoms with E-state index in [9.17, 15) is 13.2 Å². The number of nitrogens with one attached hydrogen (secondary N) is 1. The zero-order valence-electron chi connectivity index (χ0n) is 13.8. The fourth-order valence-corrected chi connectivity index (χ4v) is 3.59. The highest BCUT2D eigenvalue weighted by atomic mass is 32.2. The highest BCUT2D eigenvalue weighted by molar-refractivity contribution is 7.88. The average Bonchev–Trinajstić information content (AvgIpc) is 2.53. The molecule has 1 aliphatic rings. The molecule has 1 fully saturated rings. The Morgan fingerprint density at radius 2 is 2.09 bits per heavy atom. The standard InChI is InChI=1S/C15H24N4O3S/c1-12(13-6-8-16-9-7-13)18(2)15(20)17-14-5-4-10-19(11-14)23(3,21)22/h6-9,12,14H,4-5,10-11H2,1-3H3,(H,17,20). The van der Waals surface area contributed by atoms with Crippen LogP contribution in [-0.4, -0.2) is 61.1 Å². The number of sulfonamides is 1. The van der Waals surface area contributed by atoms with Gasteiger partial charge in [-0.15, -0.1) is 0 Å². The number of hydrogen-bond donors (Lipinski definition) is 1. The number of pyridine rings is 1. The minimum absolute atomic E-state index is 0.0902. The van der Waals surface area contributed by atoms with E-state index in [1.165, 1.54) is 10.6 Å². The van der Waals surface area contributed by atoms with Gasteiger partial charge in [0.2, 0.25) is 10.0 Å². The molecule has 7 nitrogen and oxygen atoms in total. The molecule has 2 amide bonds. The SMILES string of the molecule is CC(c1ccncc1)N(C)C(=O)NC1CCCN(S(C)(=O)=O)C1. The number of carbonyl (C=O) groups is 1. The van der Waals surface area contributed by atoms with Crippen molar-refractivity contribution in [3.8, 4) is 0 Å². The normalized spacial score (nSPS) is 20.7. The number of amides is 2. The lowest BCUT2D eigenvalue weighted by molar-refractivity contribution is 0.183. The Labute approximate surface area is 137 Å². The van der Waals surface area contributed by atoms with Gasteiger partial charge in [0.1, 0.15) is 0 Å². The van der Waals surface area contributed by atoms with Gasteiger partial charge >= 0.3 is 6.03 Å². The van der Waals surface area contributed by atoms with Crippen molar-refractivity contribution in [1.82, 2.24) is 19.5 Å². The minimum atomic E-state index is -3.21. The highest BCUT2D eigenvalue weighted by Crippen LogP contribution is 2.18. The Kier molecular flexibility index (Phi) is 5.59. The molecule has 0 bridgehead atoms. The fourth-order valence-electron chi connectivity index (χ4n) is 2.68. The third kappa shape index (κ3) is 4.65. The third-order valence-corrected chi connectivity index (χ3v) is 5.54. The lowest BCUT2D eigenvalue weighted by Gasteiger charge is -2.33. The van der Waals surface area contributed by atoms with E-state index in [4.69, 9.17) is 0 Å². The van der Waals surface area contributed by atoms with Crippen molar-refractivity contribution in [2.75, 3.05) is 26.4 Å². The molecular formula is C15H24N4O3S. The monoisotopic (exact) mass is 340 g/mol. The van der Waals surface area contributed by atoms with Gasteiger partial charge in [0.15, 0.2) is 0 Å². The van der Waals surface area contributed by atoms with Crippen LogP contribution in [0.5, 0.6) is 0 Å². The molecule has 0 spiro atoms. The predicted octanol–water partition coefficient (Wildman–Crippen LogP) is 1.21. The van der Waals surface area contributed by atoms with Crippen LogP contribution in [0.1, 0.15) is 31.4 Å². The van der Waals surface area contributed by atoms with Crippen molar-refractivity contribution >= 4 is 16.1 Å². The molecule has 0 aromatic carbocycles. The van der Waals surface area contributed by atoms with Gasteiger partial charge in [0.05, 0.1) is 12.3 Å². The summed E-state index contributed by atoms with van der Waals surface area (Å²) in [5, 5.41) is 2.94. The quantitative estimate of drug-likeness (QED) is 0.893. The molecule has 23 heavy (non-hydrogen) atoms. The second-order valence-electron chi connectivity index (χ2n) is 5.98. The molecule has 2 atom stereocenters. The zero-order chi connectivity index (χ0) is 17.0. The summed E-state index contributed by atoms with van der Waals surface area (Å²) in [6, 6.07) is 3.31. The molecule has 1 aliphatic heterocycles. The van der Waals surface area contributed by atoms with Crippen molar-refractivity contribution in [3.05, 3.63) is 30.1 Å². The summed E-state index contributed by atoms with van der Waals surface area (Å²) in [6.45, 7) is 2.80. The van der Waals surface area contributed by atoms with E-state index in [0.717, 1.165) is 18.4 Å². The van der Waals surface area contributed by atoms with Crippen LogP contribution in [0.25, 0.3) is 0 Å². The number of carbonyl (C=O) groups excluding carboxylic acids is 1. The molecule has 2 heterocycles. The molecule has 1 N–H and O–H groups in total. The molecular weight excluding hydrogens is 316 g/mol. The molecule has 2 rings (SSSR count). The second kappa shape index (κ2) is 7.27. The molecule has 128 valence electrons. The van der Waals surface area contributed by atoms with Crippen LogP contribution in [0.2, 0.25) is 0 Å². The van der Waals surface area contributed by atoms with Gasteiger partial charge in [0, 0.05) is 38.6 Å². The Morgan fingerprint density at radius 1 is 1.43 bits per heavy atom. The van der Waals surface area contributed by atoms with Crippen molar-refractivity contribution in [2.45, 2.75) is 31.8 Å². The summed E-state index contributed by atoms with van der Waals surface area (Å²) in [4.78, 5) is 18.0. The number of piperidine rings is 1. The first-order chi connectivity index (χ1) is 10.8. The van der Waals surface area contributed by atoms with Crippen LogP contribution >= 0.6 is 0 Å². The van der Waals surface area contributed by atoms with Crippen LogP contribution in [0.4, 0.5) is 4.79 Å². The maximum Gasteiger partial charge on any atom is 0.317 e. The molecule has 0 saturated carbocycles. The van der Waals surface area contributed by atoms with E-state index in [1.807, 2.05) is 19.1 Å². The number of hydrogen-bond acceptors (Lipinski definition) is 4. The van der Waals surface area contributed by atoms with Gasteiger partial charge in [-0.05, 0) is 37.5 Å². The lowest BCUT2D eigenvalue weighted by atomic mass is 10.1. The topological polar surface area (TPSA) is 82.6 Å². The first kappa shape index (κ1) is 17.7. The number of nitrogens with zero attached hydrogens (tertiary/aromatic N) is 3. The minimum Gasteiger partial charge on any atom is -0.334 e. The lowest BCUT2D eigenvalue weighted by Crippen LogP contribution is -2.52. The van der Waals surface area contributed by atoms with Crippen LogP contribution in [0.3, 0.4) is 0 Å². The molecule has 0 radical (unpaired) electrons. The Hall–Kier alpha value is -1.67. The van der Waals surface area contributed by atoms with Gasteiger partial charge in [-0.2, -0.15) is 0 Å². The number of rotatable bonds is 4. The molecule has 1 aromatic rings. The van der Waals surface area contributed by atoms with Crippen LogP contribution in [-0.2, 0) is 10.0 Å². The van der Waals surface area contributed by atoms with Gasteiger partial charge in [-0.3, -0.25) is 4.98 Å². The fraction of sp³-hybridized carbons (Fsp3) is 0.600. The maximum atomic E-state index is 12.4. The Bertz CT molecular complexity index is 635. The van der Waals surface area contributed by atoms with Crippen molar-refractivity contribution in [1.29, 1.82) is 0 Å². The molecule has 1 aromatic heterocycles. The summed E-state index contributed by atoms with van der Waals surface area (Å²) in [6.07, 6.45) is 6.14. The molecule has 0 aliphatic carbocycles. The second-order valence-corrected chi connectivity index (χ2v) is 7.96. The van der Waals surface area contributed by atoms with E-state index in [1.54, 1.807) is 24.3 Å². The average molecular weight is 340 g/mol. The van der Waals surface area contributed by atoms with E-state index in [-0.39, 0.29) is 18.1 Å². The van der Waals surface area contributed by atoms with Crippen LogP contribution in [0, 0.1) is 0 Å². The van der Waals surface area contributed by atoms with Gasteiger partial charge in [-0.25, -0.2) is 17.5 Å².